The zero-order valence-electron chi connectivity index (χ0n) is 48.2. The van der Waals surface area contributed by atoms with Crippen LogP contribution in [0.2, 0.25) is 0 Å². The van der Waals surface area contributed by atoms with E-state index in [4.69, 9.17) is 26.2 Å². The lowest BCUT2D eigenvalue weighted by atomic mass is 9.88. The van der Waals surface area contributed by atoms with E-state index in [1.807, 2.05) is 42.5 Å². The summed E-state index contributed by atoms with van der Waals surface area (Å²) in [6.45, 7) is -0.0368. The van der Waals surface area contributed by atoms with Gasteiger partial charge in [-0.15, -0.1) is 0 Å². The predicted octanol–water partition coefficient (Wildman–Crippen LogP) is 13.4. The maximum Gasteiger partial charge on any atom is 0.255 e. The number of rotatable bonds is 7. The molecule has 5 heteroatoms. The minimum absolute atomic E-state index is 0.137. The Morgan fingerprint density at radius 3 is 2.00 bits per heavy atom. The Morgan fingerprint density at radius 1 is 0.627 bits per heavy atom. The molecule has 0 aliphatic rings. The number of benzene rings is 7. The van der Waals surface area contributed by atoms with Gasteiger partial charge >= 0.3 is 0 Å². The van der Waals surface area contributed by atoms with Crippen molar-refractivity contribution in [2.45, 2.75) is 39.9 Å². The average molecular weight is 782 g/mol. The number of nitrogens with zero attached hydrogens (tertiary/aromatic N) is 4. The van der Waals surface area contributed by atoms with E-state index in [0.717, 1.165) is 39.3 Å². The quantitative estimate of drug-likeness (QED) is 0.151. The van der Waals surface area contributed by atoms with Gasteiger partial charge in [-0.25, -0.2) is 4.98 Å². The van der Waals surface area contributed by atoms with Crippen LogP contribution in [0.25, 0.3) is 72.3 Å². The van der Waals surface area contributed by atoms with Gasteiger partial charge in [0.25, 0.3) is 6.33 Å². The van der Waals surface area contributed by atoms with E-state index in [9.17, 15) is 5.48 Å². The van der Waals surface area contributed by atoms with Crippen LogP contribution >= 0.6 is 0 Å². The van der Waals surface area contributed by atoms with Gasteiger partial charge in [0.05, 0.1) is 24.7 Å². The standard InChI is InChI=1S/C54H45N4O/c1-36-31-37(2)52(39-19-10-7-11-20-39)53(51(36)38-17-8-6-9-18-38)57-35-56(47-25-14-15-26-48(47)57)41-21-16-22-42(33-41)59-43-27-28-45-44-23-12-13-24-46(44)58(49(45)34-43)50-32-40(29-30-55-50)54(3,4)5/h6-35H,1-5H3/q+1/i1D3,2D3,6D,7D,8D,9D,10D,11D,17D,18D,19D,20D. The van der Waals surface area contributed by atoms with Crippen LogP contribution in [0.1, 0.15) is 59.4 Å². The second-order valence-electron chi connectivity index (χ2n) is 15.2. The van der Waals surface area contributed by atoms with Gasteiger partial charge in [-0.2, -0.15) is 9.13 Å². The molecule has 0 saturated heterocycles. The van der Waals surface area contributed by atoms with Gasteiger partial charge in [-0.3, -0.25) is 4.57 Å². The summed E-state index contributed by atoms with van der Waals surface area (Å²) in [6.07, 6.45) is 3.28. The normalized spacial score (nSPS) is 16.1. The van der Waals surface area contributed by atoms with Crippen LogP contribution in [0.15, 0.2) is 182 Å². The molecule has 10 rings (SSSR count). The van der Waals surface area contributed by atoms with Crippen LogP contribution in [0.4, 0.5) is 0 Å². The number of imidazole rings is 1. The number of fused-ring (bicyclic) bond motifs is 4. The van der Waals surface area contributed by atoms with Crippen LogP contribution in [-0.2, 0) is 5.41 Å². The maximum absolute atomic E-state index is 9.18. The molecule has 0 atom stereocenters. The third kappa shape index (κ3) is 6.36. The molecule has 59 heavy (non-hydrogen) atoms. The number of aryl methyl sites for hydroxylation is 2. The van der Waals surface area contributed by atoms with Crippen LogP contribution in [0.5, 0.6) is 11.5 Å². The first-order chi connectivity index (χ1) is 35.3. The van der Waals surface area contributed by atoms with Gasteiger partial charge in [-0.05, 0) is 102 Å². The smallest absolute Gasteiger partial charge is 0.255 e. The first kappa shape index (κ1) is 22.6. The molecule has 3 aromatic heterocycles. The zero-order chi connectivity index (χ0) is 54.0. The van der Waals surface area contributed by atoms with Crippen molar-refractivity contribution in [3.63, 3.8) is 0 Å². The molecule has 0 amide bonds. The fraction of sp³-hybridized carbons (Fsp3) is 0.111. The second-order valence-corrected chi connectivity index (χ2v) is 15.2. The molecular weight excluding hydrogens is 721 g/mol. The molecule has 0 radical (unpaired) electrons. The third-order valence-electron chi connectivity index (χ3n) is 10.5. The minimum atomic E-state index is -3.24. The van der Waals surface area contributed by atoms with Crippen molar-refractivity contribution in [2.24, 2.45) is 0 Å². The predicted molar refractivity (Wildman–Crippen MR) is 243 cm³/mol. The molecule has 0 spiro atoms. The van der Waals surface area contributed by atoms with Crippen molar-refractivity contribution >= 4 is 32.8 Å². The molecule has 7 aromatic carbocycles. The summed E-state index contributed by atoms with van der Waals surface area (Å²) in [5.41, 5.74) is -0.285. The van der Waals surface area contributed by atoms with E-state index < -0.39 is 113 Å². The monoisotopic (exact) mass is 781 g/mol. The number of pyridine rings is 1. The van der Waals surface area contributed by atoms with E-state index in [1.54, 1.807) is 59.3 Å². The third-order valence-corrected chi connectivity index (χ3v) is 10.5. The van der Waals surface area contributed by atoms with Crippen molar-refractivity contribution < 1.29 is 31.2 Å². The lowest BCUT2D eigenvalue weighted by Gasteiger charge is -2.20. The largest absolute Gasteiger partial charge is 0.457 e. The maximum atomic E-state index is 9.18. The van der Waals surface area contributed by atoms with Gasteiger partial charge in [0.15, 0.2) is 11.0 Å². The number of para-hydroxylation sites is 3. The Morgan fingerprint density at radius 2 is 1.29 bits per heavy atom. The fourth-order valence-corrected chi connectivity index (χ4v) is 7.76. The molecule has 10 aromatic rings. The molecule has 0 fully saturated rings. The molecule has 0 aliphatic heterocycles. The summed E-state index contributed by atoms with van der Waals surface area (Å²) in [6, 6.07) is 24.3. The molecule has 3 heterocycles. The highest BCUT2D eigenvalue weighted by Gasteiger charge is 2.27. The van der Waals surface area contributed by atoms with Gasteiger partial charge < -0.3 is 4.74 Å². The van der Waals surface area contributed by atoms with E-state index in [-0.39, 0.29) is 10.9 Å². The van der Waals surface area contributed by atoms with Gasteiger partial charge in [0, 0.05) is 48.5 Å². The summed E-state index contributed by atoms with van der Waals surface area (Å²) in [5, 5.41) is 2.00. The molecule has 0 bridgehead atoms. The molecular formula is C54H45N4O+. The molecule has 0 saturated carbocycles. The fourth-order valence-electron chi connectivity index (χ4n) is 7.76. The number of hydrogen-bond acceptors (Lipinski definition) is 2. The Labute approximate surface area is 367 Å². The first-order valence-corrected chi connectivity index (χ1v) is 19.0. The summed E-state index contributed by atoms with van der Waals surface area (Å²) >= 11 is 0. The lowest BCUT2D eigenvalue weighted by molar-refractivity contribution is -0.566. The van der Waals surface area contributed by atoms with E-state index in [0.29, 0.717) is 22.7 Å². The molecule has 0 unspecified atom stereocenters. The van der Waals surface area contributed by atoms with Crippen LogP contribution < -0.4 is 9.30 Å². The van der Waals surface area contributed by atoms with Gasteiger partial charge in [0.2, 0.25) is 0 Å². The Bertz CT molecular complexity index is 3850. The van der Waals surface area contributed by atoms with Gasteiger partial charge in [0.1, 0.15) is 28.7 Å². The van der Waals surface area contributed by atoms with Crippen molar-refractivity contribution in [3.05, 3.63) is 199 Å². The highest BCUT2D eigenvalue weighted by atomic mass is 16.5. The zero-order valence-corrected chi connectivity index (χ0v) is 32.2. The van der Waals surface area contributed by atoms with Gasteiger partial charge in [-0.1, -0.05) is 124 Å². The van der Waals surface area contributed by atoms with Crippen molar-refractivity contribution in [1.29, 1.82) is 0 Å². The minimum Gasteiger partial charge on any atom is -0.457 e. The summed E-state index contributed by atoms with van der Waals surface area (Å²) in [5.74, 6) is 1.62. The first-order valence-electron chi connectivity index (χ1n) is 27.0. The average Bonchev–Trinajstić information content (AvgIpc) is 3.92. The van der Waals surface area contributed by atoms with Crippen LogP contribution in [0, 0.1) is 13.7 Å². The van der Waals surface area contributed by atoms with Crippen LogP contribution in [-0.4, -0.2) is 14.1 Å². The van der Waals surface area contributed by atoms with Crippen LogP contribution in [0.3, 0.4) is 0 Å². The highest BCUT2D eigenvalue weighted by molar-refractivity contribution is 6.09. The Hall–Kier alpha value is -7.24. The molecule has 0 aliphatic carbocycles. The van der Waals surface area contributed by atoms with Crippen molar-refractivity contribution in [2.75, 3.05) is 0 Å². The van der Waals surface area contributed by atoms with E-state index >= 15 is 0 Å². The summed E-state index contributed by atoms with van der Waals surface area (Å²) in [7, 11) is 0. The molecule has 0 N–H and O–H groups in total. The Kier molecular flexibility index (Phi) is 5.48. The highest BCUT2D eigenvalue weighted by Crippen LogP contribution is 2.40. The summed E-state index contributed by atoms with van der Waals surface area (Å²) in [4.78, 5) is 4.80. The molecule has 286 valence electrons. The summed E-state index contributed by atoms with van der Waals surface area (Å²) < 4.78 is 153. The SMILES string of the molecule is [2H]c1c([2H])c([2H])c(-c2c(C([2H])([2H])[2H])cc(C([2H])([2H])[2H])c(-c3c([2H])c([2H])c([2H])c([2H])c3[2H])c2-[n+]2cn(-c3cccc(Oc4ccc5c6ccccc6n(-c6cc(C(C)(C)C)ccn6)c5c4)c3)c3ccccc32)c([2H])c1[2H]. The molecule has 5 nitrogen and oxygen atoms in total. The van der Waals surface area contributed by atoms with Crippen molar-refractivity contribution in [1.82, 2.24) is 14.1 Å². The topological polar surface area (TPSA) is 35.9 Å². The number of ether oxygens (including phenoxy) is 1. The number of hydrogen-bond donors (Lipinski definition) is 0. The second kappa shape index (κ2) is 14.3. The lowest BCUT2D eigenvalue weighted by Crippen LogP contribution is -2.31. The van der Waals surface area contributed by atoms with Crippen molar-refractivity contribution in [3.8, 4) is 50.9 Å². The van der Waals surface area contributed by atoms with E-state index in [2.05, 4.69) is 37.5 Å². The van der Waals surface area contributed by atoms with E-state index in [1.165, 1.54) is 10.9 Å². The number of aromatic nitrogens is 4. The Balaban J connectivity index is 1.24.